The van der Waals surface area contributed by atoms with Gasteiger partial charge in [-0.15, -0.1) is 0 Å². The number of thiocarbonyl (C=S) groups is 1. The summed E-state index contributed by atoms with van der Waals surface area (Å²) in [6.45, 7) is 0. The van der Waals surface area contributed by atoms with Crippen molar-refractivity contribution in [2.45, 2.75) is 38.1 Å². The lowest BCUT2D eigenvalue weighted by molar-refractivity contribution is 0.426. The van der Waals surface area contributed by atoms with Gasteiger partial charge in [0, 0.05) is 18.5 Å². The van der Waals surface area contributed by atoms with Crippen LogP contribution in [0.15, 0.2) is 30.3 Å². The summed E-state index contributed by atoms with van der Waals surface area (Å²) in [4.78, 5) is 7.53. The Morgan fingerprint density at radius 2 is 1.95 bits per heavy atom. The summed E-state index contributed by atoms with van der Waals surface area (Å²) >= 11 is 5.24. The molecule has 4 heteroatoms. The summed E-state index contributed by atoms with van der Waals surface area (Å²) in [6, 6.07) is 10.7. The van der Waals surface area contributed by atoms with E-state index in [0.29, 0.717) is 11.0 Å². The molecule has 1 fully saturated rings. The first-order chi connectivity index (χ1) is 10.2. The van der Waals surface area contributed by atoms with Crippen LogP contribution in [0.25, 0.3) is 10.9 Å². The van der Waals surface area contributed by atoms with Crippen LogP contribution < -0.4 is 10.6 Å². The molecule has 1 saturated carbocycles. The van der Waals surface area contributed by atoms with Crippen LogP contribution >= 0.6 is 12.2 Å². The van der Waals surface area contributed by atoms with Gasteiger partial charge in [-0.3, -0.25) is 0 Å². The second kappa shape index (κ2) is 5.98. The molecule has 2 N–H and O–H groups in total. The molecule has 1 aromatic carbocycles. The zero-order valence-electron chi connectivity index (χ0n) is 12.4. The van der Waals surface area contributed by atoms with E-state index in [1.165, 1.54) is 32.1 Å². The zero-order chi connectivity index (χ0) is 14.8. The molecule has 0 aliphatic heterocycles. The monoisotopic (exact) mass is 299 g/mol. The molecule has 0 saturated heterocycles. The Kier molecular flexibility index (Phi) is 4.06. The molecule has 1 heterocycles. The number of aromatic nitrogens is 1. The lowest BCUT2D eigenvalue weighted by Gasteiger charge is -2.33. The third kappa shape index (κ3) is 2.86. The molecule has 0 atom stereocenters. The van der Waals surface area contributed by atoms with Crippen LogP contribution in [-0.4, -0.2) is 23.1 Å². The number of hydrogen-bond acceptors (Lipinski definition) is 3. The average molecular weight is 299 g/mol. The summed E-state index contributed by atoms with van der Waals surface area (Å²) in [7, 11) is 2.12. The lowest BCUT2D eigenvalue weighted by atomic mass is 9.94. The van der Waals surface area contributed by atoms with Crippen LogP contribution in [0.5, 0.6) is 0 Å². The third-order valence-corrected chi connectivity index (χ3v) is 4.65. The Balaban J connectivity index is 2.06. The molecule has 0 amide bonds. The third-order valence-electron chi connectivity index (χ3n) is 4.43. The topological polar surface area (TPSA) is 42.2 Å². The number of benzene rings is 1. The molecule has 0 bridgehead atoms. The molecule has 0 radical (unpaired) electrons. The number of hydrogen-bond donors (Lipinski definition) is 1. The van der Waals surface area contributed by atoms with Gasteiger partial charge >= 0.3 is 0 Å². The summed E-state index contributed by atoms with van der Waals surface area (Å²) in [6.07, 6.45) is 6.39. The second-order valence-electron chi connectivity index (χ2n) is 5.82. The number of pyridine rings is 1. The van der Waals surface area contributed by atoms with Crippen molar-refractivity contribution in [3.63, 3.8) is 0 Å². The lowest BCUT2D eigenvalue weighted by Crippen LogP contribution is -2.35. The van der Waals surface area contributed by atoms with E-state index in [1.54, 1.807) is 0 Å². The maximum atomic E-state index is 5.94. The molecule has 1 aromatic heterocycles. The SMILES string of the molecule is CN(c1nc2ccccc2cc1C(N)=S)C1CCCCC1. The van der Waals surface area contributed by atoms with Crippen molar-refractivity contribution in [2.75, 3.05) is 11.9 Å². The second-order valence-corrected chi connectivity index (χ2v) is 6.26. The highest BCUT2D eigenvalue weighted by molar-refractivity contribution is 7.80. The van der Waals surface area contributed by atoms with Crippen molar-refractivity contribution in [1.82, 2.24) is 4.98 Å². The number of nitrogens with zero attached hydrogens (tertiary/aromatic N) is 2. The highest BCUT2D eigenvalue weighted by atomic mass is 32.1. The van der Waals surface area contributed by atoms with Crippen LogP contribution in [0.3, 0.4) is 0 Å². The highest BCUT2D eigenvalue weighted by Gasteiger charge is 2.22. The van der Waals surface area contributed by atoms with Crippen molar-refractivity contribution >= 4 is 33.9 Å². The zero-order valence-corrected chi connectivity index (χ0v) is 13.2. The standard InChI is InChI=1S/C17H21N3S/c1-20(13-8-3-2-4-9-13)17-14(16(18)21)11-12-7-5-6-10-15(12)19-17/h5-7,10-11,13H,2-4,8-9H2,1H3,(H2,18,21). The summed E-state index contributed by atoms with van der Waals surface area (Å²) < 4.78 is 0. The van der Waals surface area contributed by atoms with Crippen LogP contribution in [0.2, 0.25) is 0 Å². The van der Waals surface area contributed by atoms with Crippen molar-refractivity contribution in [1.29, 1.82) is 0 Å². The summed E-state index contributed by atoms with van der Waals surface area (Å²) in [5.41, 5.74) is 7.82. The van der Waals surface area contributed by atoms with Crippen LogP contribution in [0, 0.1) is 0 Å². The van der Waals surface area contributed by atoms with E-state index in [0.717, 1.165) is 22.3 Å². The maximum absolute atomic E-state index is 5.94. The number of nitrogens with two attached hydrogens (primary N) is 1. The van der Waals surface area contributed by atoms with Gasteiger partial charge in [0.1, 0.15) is 10.8 Å². The van der Waals surface area contributed by atoms with Gasteiger partial charge in [0.15, 0.2) is 0 Å². The van der Waals surface area contributed by atoms with E-state index in [4.69, 9.17) is 22.9 Å². The maximum Gasteiger partial charge on any atom is 0.139 e. The van der Waals surface area contributed by atoms with Crippen LogP contribution in [-0.2, 0) is 0 Å². The Morgan fingerprint density at radius 1 is 1.24 bits per heavy atom. The molecular formula is C17H21N3S. The van der Waals surface area contributed by atoms with E-state index < -0.39 is 0 Å². The molecule has 3 rings (SSSR count). The first-order valence-electron chi connectivity index (χ1n) is 7.59. The molecule has 2 aromatic rings. The summed E-state index contributed by atoms with van der Waals surface area (Å²) in [5, 5.41) is 1.08. The predicted octanol–water partition coefficient (Wildman–Crippen LogP) is 3.64. The quantitative estimate of drug-likeness (QED) is 0.879. The number of para-hydroxylation sites is 1. The normalized spacial score (nSPS) is 16.0. The van der Waals surface area contributed by atoms with E-state index in [1.807, 2.05) is 18.2 Å². The number of fused-ring (bicyclic) bond motifs is 1. The van der Waals surface area contributed by atoms with E-state index >= 15 is 0 Å². The van der Waals surface area contributed by atoms with E-state index in [2.05, 4.69) is 24.1 Å². The molecule has 1 aliphatic carbocycles. The highest BCUT2D eigenvalue weighted by Crippen LogP contribution is 2.29. The van der Waals surface area contributed by atoms with Crippen molar-refractivity contribution in [3.8, 4) is 0 Å². The predicted molar refractivity (Wildman–Crippen MR) is 92.9 cm³/mol. The Morgan fingerprint density at radius 3 is 2.67 bits per heavy atom. The minimum atomic E-state index is 0.422. The van der Waals surface area contributed by atoms with E-state index in [9.17, 15) is 0 Å². The Hall–Kier alpha value is -1.68. The Bertz CT molecular complexity index is 662. The van der Waals surface area contributed by atoms with Crippen LogP contribution in [0.4, 0.5) is 5.82 Å². The molecule has 21 heavy (non-hydrogen) atoms. The molecular weight excluding hydrogens is 278 g/mol. The van der Waals surface area contributed by atoms with Gasteiger partial charge in [0.05, 0.1) is 11.1 Å². The van der Waals surface area contributed by atoms with Crippen molar-refractivity contribution in [2.24, 2.45) is 5.73 Å². The molecule has 110 valence electrons. The van der Waals surface area contributed by atoms with Gasteiger partial charge < -0.3 is 10.6 Å². The number of rotatable bonds is 3. The van der Waals surface area contributed by atoms with Crippen molar-refractivity contribution in [3.05, 3.63) is 35.9 Å². The molecule has 3 nitrogen and oxygen atoms in total. The fourth-order valence-corrected chi connectivity index (χ4v) is 3.35. The Labute approximate surface area is 131 Å². The minimum absolute atomic E-state index is 0.422. The minimum Gasteiger partial charge on any atom is -0.389 e. The fourth-order valence-electron chi connectivity index (χ4n) is 3.20. The van der Waals surface area contributed by atoms with Gasteiger partial charge in [0.25, 0.3) is 0 Å². The first-order valence-corrected chi connectivity index (χ1v) is 8.00. The largest absolute Gasteiger partial charge is 0.389 e. The van der Waals surface area contributed by atoms with Gasteiger partial charge in [-0.25, -0.2) is 4.98 Å². The van der Waals surface area contributed by atoms with Crippen LogP contribution in [0.1, 0.15) is 37.7 Å². The van der Waals surface area contributed by atoms with Gasteiger partial charge in [-0.2, -0.15) is 0 Å². The number of anilines is 1. The van der Waals surface area contributed by atoms with Crippen molar-refractivity contribution < 1.29 is 0 Å². The summed E-state index contributed by atoms with van der Waals surface area (Å²) in [5.74, 6) is 0.924. The van der Waals surface area contributed by atoms with E-state index in [-0.39, 0.29) is 0 Å². The molecule has 0 spiro atoms. The smallest absolute Gasteiger partial charge is 0.139 e. The molecule has 1 aliphatic rings. The van der Waals surface area contributed by atoms with Gasteiger partial charge in [0.2, 0.25) is 0 Å². The fraction of sp³-hybridized carbons (Fsp3) is 0.412. The first kappa shape index (κ1) is 14.3. The van der Waals surface area contributed by atoms with Gasteiger partial charge in [-0.05, 0) is 25.0 Å². The molecule has 0 unspecified atom stereocenters. The average Bonchev–Trinajstić information content (AvgIpc) is 2.53. The van der Waals surface area contributed by atoms with Gasteiger partial charge in [-0.1, -0.05) is 49.7 Å².